The molecule has 1 heterocycles. The maximum Gasteiger partial charge on any atom is 0.435 e. The van der Waals surface area contributed by atoms with E-state index in [4.69, 9.17) is 0 Å². The number of benzene rings is 1. The van der Waals surface area contributed by atoms with Crippen molar-refractivity contribution in [2.75, 3.05) is 6.54 Å². The van der Waals surface area contributed by atoms with Gasteiger partial charge in [-0.1, -0.05) is 12.1 Å². The van der Waals surface area contributed by atoms with Crippen molar-refractivity contribution in [3.05, 3.63) is 47.3 Å². The van der Waals surface area contributed by atoms with Crippen LogP contribution in [0.15, 0.2) is 30.3 Å². The summed E-state index contributed by atoms with van der Waals surface area (Å²) in [5.74, 6) is -0.750. The van der Waals surface area contributed by atoms with Crippen molar-refractivity contribution in [2.45, 2.75) is 44.5 Å². The molecule has 0 unspecified atom stereocenters. The highest BCUT2D eigenvalue weighted by Crippen LogP contribution is 2.42. The number of rotatable bonds is 8. The van der Waals surface area contributed by atoms with Gasteiger partial charge in [-0.05, 0) is 37.5 Å². The van der Waals surface area contributed by atoms with Crippen molar-refractivity contribution in [2.24, 2.45) is 0 Å². The summed E-state index contributed by atoms with van der Waals surface area (Å²) in [6.07, 6.45) is -2.50. The van der Waals surface area contributed by atoms with Crippen LogP contribution in [0.2, 0.25) is 0 Å². The van der Waals surface area contributed by atoms with Crippen LogP contribution in [0.3, 0.4) is 0 Å². The minimum absolute atomic E-state index is 0.0417. The van der Waals surface area contributed by atoms with E-state index in [9.17, 15) is 26.7 Å². The summed E-state index contributed by atoms with van der Waals surface area (Å²) in [5, 5.41) is 6.20. The fraction of sp³-hybridized carbons (Fsp3) is 0.444. The molecule has 0 radical (unpaired) electrons. The van der Waals surface area contributed by atoms with Crippen molar-refractivity contribution in [3.8, 4) is 5.75 Å². The van der Waals surface area contributed by atoms with E-state index in [0.29, 0.717) is 12.1 Å². The minimum atomic E-state index is -4.50. The topological polar surface area (TPSA) is 56.2 Å². The van der Waals surface area contributed by atoms with Gasteiger partial charge >= 0.3 is 12.8 Å². The van der Waals surface area contributed by atoms with Crippen molar-refractivity contribution in [3.63, 3.8) is 0 Å². The van der Waals surface area contributed by atoms with E-state index in [0.717, 1.165) is 18.9 Å². The number of aryl methyl sites for hydroxylation is 1. The Morgan fingerprint density at radius 1 is 1.29 bits per heavy atom. The standard InChI is InChI=1S/C18H18F5N3O2/c19-17(20)28-14-5-2-1-4-12(14)16(27)24-8-3-9-26-13(11-6-7-11)10-15(25-26)18(21,22)23/h1-2,4-5,10-11,17H,3,6-9H2,(H,24,27). The highest BCUT2D eigenvalue weighted by Gasteiger charge is 2.37. The summed E-state index contributed by atoms with van der Waals surface area (Å²) in [4.78, 5) is 12.2. The van der Waals surface area contributed by atoms with Crippen LogP contribution in [-0.2, 0) is 12.7 Å². The van der Waals surface area contributed by atoms with Crippen LogP contribution in [0.4, 0.5) is 22.0 Å². The van der Waals surface area contributed by atoms with E-state index in [2.05, 4.69) is 15.2 Å². The number of amides is 1. The van der Waals surface area contributed by atoms with Crippen molar-refractivity contribution >= 4 is 5.91 Å². The SMILES string of the molecule is O=C(NCCCn1nc(C(F)(F)F)cc1C1CC1)c1ccccc1OC(F)F. The number of hydrogen-bond donors (Lipinski definition) is 1. The van der Waals surface area contributed by atoms with Gasteiger partial charge in [0.15, 0.2) is 5.69 Å². The molecule has 0 bridgehead atoms. The average molecular weight is 403 g/mol. The van der Waals surface area contributed by atoms with Crippen molar-refractivity contribution in [1.82, 2.24) is 15.1 Å². The first-order valence-corrected chi connectivity index (χ1v) is 8.72. The molecule has 1 amide bonds. The van der Waals surface area contributed by atoms with Crippen LogP contribution in [0, 0.1) is 0 Å². The predicted molar refractivity (Wildman–Crippen MR) is 89.2 cm³/mol. The van der Waals surface area contributed by atoms with Crippen LogP contribution in [0.25, 0.3) is 0 Å². The van der Waals surface area contributed by atoms with Gasteiger partial charge in [-0.2, -0.15) is 27.1 Å². The van der Waals surface area contributed by atoms with Crippen LogP contribution < -0.4 is 10.1 Å². The molecular formula is C18H18F5N3O2. The molecule has 1 N–H and O–H groups in total. The zero-order chi connectivity index (χ0) is 20.3. The van der Waals surface area contributed by atoms with E-state index < -0.39 is 24.4 Å². The summed E-state index contributed by atoms with van der Waals surface area (Å²) in [6.45, 7) is -2.71. The minimum Gasteiger partial charge on any atom is -0.434 e. The van der Waals surface area contributed by atoms with Crippen molar-refractivity contribution < 1.29 is 31.5 Å². The number of halogens is 5. The van der Waals surface area contributed by atoms with Crippen LogP contribution >= 0.6 is 0 Å². The molecule has 1 aromatic carbocycles. The second-order valence-corrected chi connectivity index (χ2v) is 6.43. The normalized spacial score (nSPS) is 14.4. The number of nitrogens with one attached hydrogen (secondary N) is 1. The van der Waals surface area contributed by atoms with E-state index in [1.165, 1.54) is 28.9 Å². The van der Waals surface area contributed by atoms with Crippen LogP contribution in [-0.4, -0.2) is 28.8 Å². The zero-order valence-electron chi connectivity index (χ0n) is 14.7. The zero-order valence-corrected chi connectivity index (χ0v) is 14.7. The van der Waals surface area contributed by atoms with E-state index in [-0.39, 0.29) is 30.3 Å². The molecule has 28 heavy (non-hydrogen) atoms. The van der Waals surface area contributed by atoms with Gasteiger partial charge in [0.25, 0.3) is 5.91 Å². The van der Waals surface area contributed by atoms with Gasteiger partial charge in [-0.3, -0.25) is 9.48 Å². The Kier molecular flexibility index (Phi) is 5.85. The quantitative estimate of drug-likeness (QED) is 0.531. The van der Waals surface area contributed by atoms with Gasteiger partial charge in [-0.25, -0.2) is 0 Å². The Morgan fingerprint density at radius 3 is 2.64 bits per heavy atom. The van der Waals surface area contributed by atoms with Crippen LogP contribution in [0.5, 0.6) is 5.75 Å². The van der Waals surface area contributed by atoms with Crippen LogP contribution in [0.1, 0.15) is 46.9 Å². The molecule has 0 spiro atoms. The fourth-order valence-corrected chi connectivity index (χ4v) is 2.84. The number of para-hydroxylation sites is 1. The first kappa shape index (κ1) is 20.1. The van der Waals surface area contributed by atoms with E-state index >= 15 is 0 Å². The summed E-state index contributed by atoms with van der Waals surface area (Å²) in [7, 11) is 0. The molecule has 1 aliphatic rings. The number of alkyl halides is 5. The molecule has 0 saturated heterocycles. The fourth-order valence-electron chi connectivity index (χ4n) is 2.84. The number of nitrogens with zero attached hydrogens (tertiary/aromatic N) is 2. The Labute approximate surface area is 157 Å². The van der Waals surface area contributed by atoms with Gasteiger partial charge in [0, 0.05) is 24.7 Å². The summed E-state index contributed by atoms with van der Waals surface area (Å²) in [6, 6.07) is 6.66. The summed E-state index contributed by atoms with van der Waals surface area (Å²) >= 11 is 0. The molecule has 1 aliphatic carbocycles. The second kappa shape index (κ2) is 8.15. The maximum atomic E-state index is 12.9. The smallest absolute Gasteiger partial charge is 0.434 e. The van der Waals surface area contributed by atoms with E-state index in [1.54, 1.807) is 0 Å². The molecule has 152 valence electrons. The number of ether oxygens (including phenoxy) is 1. The molecule has 1 saturated carbocycles. The third-order valence-corrected chi connectivity index (χ3v) is 4.28. The van der Waals surface area contributed by atoms with Gasteiger partial charge in [0.1, 0.15) is 5.75 Å². The number of carbonyl (C=O) groups is 1. The third-order valence-electron chi connectivity index (χ3n) is 4.28. The molecule has 1 fully saturated rings. The first-order chi connectivity index (χ1) is 13.3. The van der Waals surface area contributed by atoms with E-state index in [1.807, 2.05) is 0 Å². The lowest BCUT2D eigenvalue weighted by atomic mass is 10.2. The molecule has 5 nitrogen and oxygen atoms in total. The lowest BCUT2D eigenvalue weighted by Crippen LogP contribution is -2.26. The molecule has 0 atom stereocenters. The number of aromatic nitrogens is 2. The Balaban J connectivity index is 1.57. The number of hydrogen-bond acceptors (Lipinski definition) is 3. The highest BCUT2D eigenvalue weighted by atomic mass is 19.4. The highest BCUT2D eigenvalue weighted by molar-refractivity contribution is 5.96. The molecular weight excluding hydrogens is 385 g/mol. The second-order valence-electron chi connectivity index (χ2n) is 6.43. The Bertz CT molecular complexity index is 831. The lowest BCUT2D eigenvalue weighted by molar-refractivity contribution is -0.141. The predicted octanol–water partition coefficient (Wildman–Crippen LogP) is 4.20. The average Bonchev–Trinajstić information content (AvgIpc) is 3.37. The Morgan fingerprint density at radius 2 is 2.00 bits per heavy atom. The van der Waals surface area contributed by atoms with Gasteiger partial charge in [0.05, 0.1) is 5.56 Å². The largest absolute Gasteiger partial charge is 0.435 e. The van der Waals surface area contributed by atoms with Crippen molar-refractivity contribution in [1.29, 1.82) is 0 Å². The maximum absolute atomic E-state index is 12.9. The molecule has 3 rings (SSSR count). The van der Waals surface area contributed by atoms with Gasteiger partial charge < -0.3 is 10.1 Å². The Hall–Kier alpha value is -2.65. The van der Waals surface area contributed by atoms with Gasteiger partial charge in [0.2, 0.25) is 0 Å². The monoisotopic (exact) mass is 403 g/mol. The third kappa shape index (κ3) is 4.99. The number of carbonyl (C=O) groups excluding carboxylic acids is 1. The molecule has 0 aliphatic heterocycles. The lowest BCUT2D eigenvalue weighted by Gasteiger charge is -2.11. The molecule has 1 aromatic heterocycles. The molecule has 2 aromatic rings. The molecule has 10 heteroatoms. The first-order valence-electron chi connectivity index (χ1n) is 8.72. The summed E-state index contributed by atoms with van der Waals surface area (Å²) in [5.41, 5.74) is -0.411. The van der Waals surface area contributed by atoms with Gasteiger partial charge in [-0.15, -0.1) is 0 Å². The summed E-state index contributed by atoms with van der Waals surface area (Å²) < 4.78 is 69.1.